The molecule has 1 unspecified atom stereocenters. The highest BCUT2D eigenvalue weighted by Crippen LogP contribution is 2.35. The molecule has 2 rings (SSSR count). The van der Waals surface area contributed by atoms with E-state index in [0.717, 1.165) is 24.8 Å². The molecule has 1 atom stereocenters. The molecule has 70 valence electrons. The van der Waals surface area contributed by atoms with E-state index in [4.69, 9.17) is 11.6 Å². The Morgan fingerprint density at radius 3 is 3.00 bits per heavy atom. The number of halogens is 1. The summed E-state index contributed by atoms with van der Waals surface area (Å²) in [5, 5.41) is 10.8. The summed E-state index contributed by atoms with van der Waals surface area (Å²) >= 11 is 5.89. The minimum absolute atomic E-state index is 0.682. The molecule has 1 nitrogen and oxygen atoms in total. The molecule has 0 radical (unpaired) electrons. The molecule has 0 aromatic heterocycles. The first-order valence-electron chi connectivity index (χ1n) is 4.61. The largest absolute Gasteiger partial charge is 0.385 e. The van der Waals surface area contributed by atoms with Gasteiger partial charge in [-0.3, -0.25) is 0 Å². The highest BCUT2D eigenvalue weighted by molar-refractivity contribution is 6.30. The van der Waals surface area contributed by atoms with E-state index in [1.165, 1.54) is 5.56 Å². The number of hydrogen-bond acceptors (Lipinski definition) is 1. The maximum Gasteiger partial charge on any atom is 0.0871 e. The number of aryl methyl sites for hydroxylation is 1. The third-order valence-corrected chi connectivity index (χ3v) is 3.00. The Balaban J connectivity index is 2.55. The molecule has 0 spiro atoms. The van der Waals surface area contributed by atoms with Gasteiger partial charge >= 0.3 is 0 Å². The van der Waals surface area contributed by atoms with E-state index in [0.29, 0.717) is 5.02 Å². The van der Waals surface area contributed by atoms with Crippen molar-refractivity contribution in [2.24, 2.45) is 0 Å². The van der Waals surface area contributed by atoms with Crippen LogP contribution in [0.4, 0.5) is 0 Å². The average molecular weight is 197 g/mol. The molecule has 1 aliphatic carbocycles. The molecule has 0 heterocycles. The van der Waals surface area contributed by atoms with E-state index in [9.17, 15) is 5.11 Å². The predicted octanol–water partition coefficient (Wildman–Crippen LogP) is 2.88. The maximum absolute atomic E-state index is 10.1. The first kappa shape index (κ1) is 9.04. The van der Waals surface area contributed by atoms with Gasteiger partial charge < -0.3 is 5.11 Å². The van der Waals surface area contributed by atoms with Gasteiger partial charge in [0.1, 0.15) is 0 Å². The van der Waals surface area contributed by atoms with Crippen LogP contribution in [0.15, 0.2) is 18.2 Å². The van der Waals surface area contributed by atoms with Crippen LogP contribution in [-0.4, -0.2) is 5.11 Å². The molecule has 1 aromatic carbocycles. The van der Waals surface area contributed by atoms with Crippen LogP contribution >= 0.6 is 11.6 Å². The fourth-order valence-corrected chi connectivity index (χ4v) is 2.20. The van der Waals surface area contributed by atoms with Gasteiger partial charge in [0.25, 0.3) is 0 Å². The molecule has 1 aliphatic rings. The summed E-state index contributed by atoms with van der Waals surface area (Å²) in [7, 11) is 0. The van der Waals surface area contributed by atoms with Crippen molar-refractivity contribution in [3.63, 3.8) is 0 Å². The van der Waals surface area contributed by atoms with Crippen LogP contribution in [0.2, 0.25) is 5.02 Å². The highest BCUT2D eigenvalue weighted by atomic mass is 35.5. The molecular formula is C11H13ClO. The molecular weight excluding hydrogens is 184 g/mol. The second-order valence-corrected chi connectivity index (χ2v) is 4.37. The molecule has 0 aliphatic heterocycles. The molecule has 1 N–H and O–H groups in total. The summed E-state index contributed by atoms with van der Waals surface area (Å²) in [6.45, 7) is 1.86. The Morgan fingerprint density at radius 2 is 2.23 bits per heavy atom. The third-order valence-electron chi connectivity index (χ3n) is 2.76. The van der Waals surface area contributed by atoms with Crippen LogP contribution in [0.3, 0.4) is 0 Å². The van der Waals surface area contributed by atoms with Crippen molar-refractivity contribution in [2.75, 3.05) is 0 Å². The zero-order valence-electron chi connectivity index (χ0n) is 7.68. The summed E-state index contributed by atoms with van der Waals surface area (Å²) in [4.78, 5) is 0. The summed E-state index contributed by atoms with van der Waals surface area (Å²) in [6, 6.07) is 5.79. The summed E-state index contributed by atoms with van der Waals surface area (Å²) in [5.74, 6) is 0. The van der Waals surface area contributed by atoms with Gasteiger partial charge in [0.05, 0.1) is 5.60 Å². The Bertz CT molecular complexity index is 331. The summed E-state index contributed by atoms with van der Waals surface area (Å²) < 4.78 is 0. The third kappa shape index (κ3) is 1.59. The van der Waals surface area contributed by atoms with E-state index in [1.54, 1.807) is 0 Å². The van der Waals surface area contributed by atoms with Gasteiger partial charge in [-0.15, -0.1) is 0 Å². The van der Waals surface area contributed by atoms with Gasteiger partial charge in [-0.2, -0.15) is 0 Å². The molecule has 0 saturated heterocycles. The van der Waals surface area contributed by atoms with E-state index in [2.05, 4.69) is 0 Å². The standard InChI is InChI=1S/C11H13ClO/c1-11(13)6-2-3-8-4-5-9(12)7-10(8)11/h4-5,7,13H,2-3,6H2,1H3. The maximum atomic E-state index is 10.1. The molecule has 0 amide bonds. The Kier molecular flexibility index (Phi) is 2.09. The molecule has 0 bridgehead atoms. The SMILES string of the molecule is CC1(O)CCCc2ccc(Cl)cc21. The van der Waals surface area contributed by atoms with Gasteiger partial charge in [0.15, 0.2) is 0 Å². The predicted molar refractivity (Wildman–Crippen MR) is 54.0 cm³/mol. The summed E-state index contributed by atoms with van der Waals surface area (Å²) in [6.07, 6.45) is 2.95. The van der Waals surface area contributed by atoms with E-state index < -0.39 is 5.60 Å². The molecule has 0 fully saturated rings. The number of aliphatic hydroxyl groups is 1. The average Bonchev–Trinajstić information content (AvgIpc) is 2.06. The van der Waals surface area contributed by atoms with Gasteiger partial charge in [-0.1, -0.05) is 17.7 Å². The molecule has 1 aromatic rings. The number of fused-ring (bicyclic) bond motifs is 1. The van der Waals surface area contributed by atoms with Crippen molar-refractivity contribution in [1.29, 1.82) is 0 Å². The first-order valence-corrected chi connectivity index (χ1v) is 4.99. The van der Waals surface area contributed by atoms with Gasteiger partial charge in [-0.25, -0.2) is 0 Å². The van der Waals surface area contributed by atoms with E-state index in [1.807, 2.05) is 25.1 Å². The van der Waals surface area contributed by atoms with Crippen LogP contribution < -0.4 is 0 Å². The van der Waals surface area contributed by atoms with Crippen molar-refractivity contribution in [2.45, 2.75) is 31.8 Å². The minimum Gasteiger partial charge on any atom is -0.385 e. The van der Waals surface area contributed by atoms with Gasteiger partial charge in [0, 0.05) is 5.02 Å². The van der Waals surface area contributed by atoms with Crippen LogP contribution in [0, 0.1) is 0 Å². The lowest BCUT2D eigenvalue weighted by atomic mass is 9.80. The smallest absolute Gasteiger partial charge is 0.0871 e. The summed E-state index contributed by atoms with van der Waals surface area (Å²) in [5.41, 5.74) is 1.56. The lowest BCUT2D eigenvalue weighted by Crippen LogP contribution is -2.26. The second-order valence-electron chi connectivity index (χ2n) is 3.93. The lowest BCUT2D eigenvalue weighted by Gasteiger charge is -2.31. The Labute approximate surface area is 83.3 Å². The van der Waals surface area contributed by atoms with Gasteiger partial charge in [0.2, 0.25) is 0 Å². The monoisotopic (exact) mass is 196 g/mol. The van der Waals surface area contributed by atoms with Crippen molar-refractivity contribution in [3.05, 3.63) is 34.3 Å². The number of rotatable bonds is 0. The van der Waals surface area contributed by atoms with Crippen LogP contribution in [-0.2, 0) is 12.0 Å². The Morgan fingerprint density at radius 1 is 1.46 bits per heavy atom. The molecule has 13 heavy (non-hydrogen) atoms. The van der Waals surface area contributed by atoms with Crippen molar-refractivity contribution in [3.8, 4) is 0 Å². The normalized spacial score (nSPS) is 27.0. The molecule has 2 heteroatoms. The zero-order chi connectivity index (χ0) is 9.47. The number of benzene rings is 1. The van der Waals surface area contributed by atoms with E-state index in [-0.39, 0.29) is 0 Å². The van der Waals surface area contributed by atoms with Crippen molar-refractivity contribution >= 4 is 11.6 Å². The van der Waals surface area contributed by atoms with E-state index >= 15 is 0 Å². The fourth-order valence-electron chi connectivity index (χ4n) is 2.03. The fraction of sp³-hybridized carbons (Fsp3) is 0.455. The first-order chi connectivity index (χ1) is 6.09. The molecule has 0 saturated carbocycles. The van der Waals surface area contributed by atoms with Crippen molar-refractivity contribution < 1.29 is 5.11 Å². The number of hydrogen-bond donors (Lipinski definition) is 1. The zero-order valence-corrected chi connectivity index (χ0v) is 8.43. The van der Waals surface area contributed by atoms with Crippen molar-refractivity contribution in [1.82, 2.24) is 0 Å². The minimum atomic E-state index is -0.682. The topological polar surface area (TPSA) is 20.2 Å². The second kappa shape index (κ2) is 3.00. The Hall–Kier alpha value is -0.530. The van der Waals surface area contributed by atoms with Crippen LogP contribution in [0.25, 0.3) is 0 Å². The van der Waals surface area contributed by atoms with Crippen LogP contribution in [0.5, 0.6) is 0 Å². The van der Waals surface area contributed by atoms with Gasteiger partial charge in [-0.05, 0) is 49.4 Å². The quantitative estimate of drug-likeness (QED) is 0.677. The van der Waals surface area contributed by atoms with Crippen LogP contribution in [0.1, 0.15) is 30.9 Å². The highest BCUT2D eigenvalue weighted by Gasteiger charge is 2.29. The lowest BCUT2D eigenvalue weighted by molar-refractivity contribution is 0.0387.